The molecule has 0 saturated heterocycles. The van der Waals surface area contributed by atoms with Crippen LogP contribution in [0.25, 0.3) is 0 Å². The van der Waals surface area contributed by atoms with Crippen LogP contribution in [0.15, 0.2) is 29.2 Å². The Hall–Kier alpha value is -0.220. The number of aliphatic hydroxyl groups excluding tert-OH is 1. The molecule has 1 rings (SSSR count). The van der Waals surface area contributed by atoms with E-state index in [4.69, 9.17) is 10.8 Å². The van der Waals surface area contributed by atoms with Crippen LogP contribution in [0.5, 0.6) is 0 Å². The summed E-state index contributed by atoms with van der Waals surface area (Å²) in [6, 6.07) is 7.61. The molecule has 0 aromatic heterocycles. The average Bonchev–Trinajstić information content (AvgIpc) is 2.16. The van der Waals surface area contributed by atoms with E-state index in [0.29, 0.717) is 0 Å². The van der Waals surface area contributed by atoms with E-state index in [9.17, 15) is 0 Å². The van der Waals surface area contributed by atoms with Crippen molar-refractivity contribution < 1.29 is 5.11 Å². The Balaban J connectivity index is 0.00000144. The largest absolute Gasteiger partial charge is 0.394 e. The van der Waals surface area contributed by atoms with Gasteiger partial charge in [-0.1, -0.05) is 18.2 Å². The van der Waals surface area contributed by atoms with Gasteiger partial charge in [-0.15, -0.1) is 24.2 Å². The molecule has 1 unspecified atom stereocenters. The number of benzene rings is 1. The third kappa shape index (κ3) is 3.19. The van der Waals surface area contributed by atoms with Crippen LogP contribution in [0.2, 0.25) is 0 Å². The highest BCUT2D eigenvalue weighted by Crippen LogP contribution is 2.23. The quantitative estimate of drug-likeness (QED) is 0.763. The average molecular weight is 220 g/mol. The summed E-state index contributed by atoms with van der Waals surface area (Å²) in [4.78, 5) is 1.14. The van der Waals surface area contributed by atoms with Crippen LogP contribution < -0.4 is 5.73 Å². The molecule has 13 heavy (non-hydrogen) atoms. The van der Waals surface area contributed by atoms with E-state index < -0.39 is 0 Å². The van der Waals surface area contributed by atoms with Gasteiger partial charge in [0, 0.05) is 4.90 Å². The predicted molar refractivity (Wildman–Crippen MR) is 59.5 cm³/mol. The zero-order chi connectivity index (χ0) is 8.97. The summed E-state index contributed by atoms with van der Waals surface area (Å²) >= 11 is 1.65. The Morgan fingerprint density at radius 2 is 2.08 bits per heavy atom. The second-order valence-electron chi connectivity index (χ2n) is 2.53. The number of aliphatic hydroxyl groups is 1. The van der Waals surface area contributed by atoms with Gasteiger partial charge in [-0.3, -0.25) is 0 Å². The Labute approximate surface area is 88.9 Å². The van der Waals surface area contributed by atoms with Crippen LogP contribution >= 0.6 is 24.2 Å². The summed E-state index contributed by atoms with van der Waals surface area (Å²) in [6.45, 7) is -0.00241. The lowest BCUT2D eigenvalue weighted by Gasteiger charge is -2.11. The van der Waals surface area contributed by atoms with Gasteiger partial charge in [0.2, 0.25) is 0 Å². The maximum atomic E-state index is 8.87. The SMILES string of the molecule is CSc1ccccc1C(N)CO.Cl. The number of hydrogen-bond donors (Lipinski definition) is 2. The van der Waals surface area contributed by atoms with Gasteiger partial charge in [-0.2, -0.15) is 0 Å². The molecular formula is C9H14ClNOS. The second-order valence-corrected chi connectivity index (χ2v) is 3.38. The van der Waals surface area contributed by atoms with Gasteiger partial charge < -0.3 is 10.8 Å². The maximum Gasteiger partial charge on any atom is 0.0624 e. The minimum atomic E-state index is -0.256. The van der Waals surface area contributed by atoms with Gasteiger partial charge in [-0.05, 0) is 17.9 Å². The standard InChI is InChI=1S/C9H13NOS.ClH/c1-12-9-5-3-2-4-7(9)8(10)6-11;/h2-5,8,11H,6,10H2,1H3;1H. The van der Waals surface area contributed by atoms with Crippen molar-refractivity contribution in [2.45, 2.75) is 10.9 Å². The first-order valence-electron chi connectivity index (χ1n) is 3.79. The molecule has 0 aliphatic heterocycles. The summed E-state index contributed by atoms with van der Waals surface area (Å²) < 4.78 is 0. The molecule has 0 amide bonds. The molecule has 0 aliphatic rings. The highest BCUT2D eigenvalue weighted by Gasteiger charge is 2.07. The number of thioether (sulfide) groups is 1. The van der Waals surface area contributed by atoms with Crippen LogP contribution in [0.1, 0.15) is 11.6 Å². The van der Waals surface area contributed by atoms with E-state index >= 15 is 0 Å². The Morgan fingerprint density at radius 3 is 2.62 bits per heavy atom. The van der Waals surface area contributed by atoms with Gasteiger partial charge in [0.05, 0.1) is 12.6 Å². The van der Waals surface area contributed by atoms with Gasteiger partial charge in [-0.25, -0.2) is 0 Å². The van der Waals surface area contributed by atoms with Crippen molar-refractivity contribution in [3.63, 3.8) is 0 Å². The normalized spacial score (nSPS) is 11.9. The van der Waals surface area contributed by atoms with Crippen LogP contribution in [-0.4, -0.2) is 18.0 Å². The number of halogens is 1. The summed E-state index contributed by atoms with van der Waals surface area (Å²) in [6.07, 6.45) is 2.00. The van der Waals surface area contributed by atoms with Crippen molar-refractivity contribution in [3.05, 3.63) is 29.8 Å². The van der Waals surface area contributed by atoms with Crippen molar-refractivity contribution in [1.82, 2.24) is 0 Å². The zero-order valence-corrected chi connectivity index (χ0v) is 9.07. The van der Waals surface area contributed by atoms with Crippen molar-refractivity contribution in [2.24, 2.45) is 5.73 Å². The van der Waals surface area contributed by atoms with Crippen molar-refractivity contribution in [2.75, 3.05) is 12.9 Å². The van der Waals surface area contributed by atoms with E-state index in [2.05, 4.69) is 0 Å². The fraction of sp³-hybridized carbons (Fsp3) is 0.333. The molecule has 74 valence electrons. The lowest BCUT2D eigenvalue weighted by molar-refractivity contribution is 0.267. The van der Waals surface area contributed by atoms with Gasteiger partial charge >= 0.3 is 0 Å². The molecule has 0 heterocycles. The molecule has 1 aromatic rings. The smallest absolute Gasteiger partial charge is 0.0624 e. The fourth-order valence-electron chi connectivity index (χ4n) is 1.07. The van der Waals surface area contributed by atoms with Gasteiger partial charge in [0.1, 0.15) is 0 Å². The Bertz CT molecular complexity index is 257. The van der Waals surface area contributed by atoms with Crippen LogP contribution in [0, 0.1) is 0 Å². The van der Waals surface area contributed by atoms with E-state index in [-0.39, 0.29) is 25.1 Å². The summed E-state index contributed by atoms with van der Waals surface area (Å²) in [5.74, 6) is 0. The van der Waals surface area contributed by atoms with Gasteiger partial charge in [0.15, 0.2) is 0 Å². The second kappa shape index (κ2) is 6.27. The van der Waals surface area contributed by atoms with Gasteiger partial charge in [0.25, 0.3) is 0 Å². The molecule has 0 saturated carbocycles. The molecule has 3 N–H and O–H groups in total. The van der Waals surface area contributed by atoms with Crippen LogP contribution in [0.3, 0.4) is 0 Å². The highest BCUT2D eigenvalue weighted by molar-refractivity contribution is 7.98. The molecule has 0 spiro atoms. The van der Waals surface area contributed by atoms with Crippen molar-refractivity contribution in [3.8, 4) is 0 Å². The Morgan fingerprint density at radius 1 is 1.46 bits per heavy atom. The molecule has 0 aliphatic carbocycles. The number of rotatable bonds is 3. The summed E-state index contributed by atoms with van der Waals surface area (Å²) in [7, 11) is 0. The maximum absolute atomic E-state index is 8.87. The fourth-order valence-corrected chi connectivity index (χ4v) is 1.74. The third-order valence-corrected chi connectivity index (χ3v) is 2.55. The first-order valence-corrected chi connectivity index (χ1v) is 5.01. The predicted octanol–water partition coefficient (Wildman–Crippen LogP) is 1.82. The number of nitrogens with two attached hydrogens (primary N) is 1. The van der Waals surface area contributed by atoms with Crippen LogP contribution in [-0.2, 0) is 0 Å². The minimum absolute atomic E-state index is 0. The molecule has 4 heteroatoms. The molecule has 2 nitrogen and oxygen atoms in total. The van der Waals surface area contributed by atoms with Crippen LogP contribution in [0.4, 0.5) is 0 Å². The molecule has 0 fully saturated rings. The van der Waals surface area contributed by atoms with Crippen molar-refractivity contribution in [1.29, 1.82) is 0 Å². The first kappa shape index (κ1) is 12.8. The van der Waals surface area contributed by atoms with E-state index in [1.165, 1.54) is 0 Å². The lowest BCUT2D eigenvalue weighted by Crippen LogP contribution is -2.15. The molecule has 1 atom stereocenters. The lowest BCUT2D eigenvalue weighted by atomic mass is 10.1. The topological polar surface area (TPSA) is 46.2 Å². The monoisotopic (exact) mass is 219 g/mol. The molecule has 1 aromatic carbocycles. The third-order valence-electron chi connectivity index (χ3n) is 1.74. The van der Waals surface area contributed by atoms with E-state index in [1.54, 1.807) is 11.8 Å². The summed E-state index contributed by atoms with van der Waals surface area (Å²) in [5.41, 5.74) is 6.73. The minimum Gasteiger partial charge on any atom is -0.394 e. The van der Waals surface area contributed by atoms with E-state index in [0.717, 1.165) is 10.5 Å². The zero-order valence-electron chi connectivity index (χ0n) is 7.43. The first-order chi connectivity index (χ1) is 5.79. The molecule has 0 radical (unpaired) electrons. The Kier molecular flexibility index (Phi) is 6.16. The van der Waals surface area contributed by atoms with Crippen molar-refractivity contribution >= 4 is 24.2 Å². The van der Waals surface area contributed by atoms with E-state index in [1.807, 2.05) is 30.5 Å². The summed E-state index contributed by atoms with van der Waals surface area (Å²) in [5, 5.41) is 8.87. The molecule has 0 bridgehead atoms. The number of hydrogen-bond acceptors (Lipinski definition) is 3. The highest BCUT2D eigenvalue weighted by atomic mass is 35.5. The molecular weight excluding hydrogens is 206 g/mol.